The van der Waals surface area contributed by atoms with Crippen LogP contribution in [0.2, 0.25) is 0 Å². The molecule has 1 amide bonds. The number of ether oxygens (including phenoxy) is 1. The predicted molar refractivity (Wildman–Crippen MR) is 71.1 cm³/mol. The molecule has 2 aliphatic heterocycles. The van der Waals surface area contributed by atoms with E-state index in [0.29, 0.717) is 17.6 Å². The molecule has 0 saturated carbocycles. The van der Waals surface area contributed by atoms with E-state index in [1.165, 1.54) is 0 Å². The Hall–Kier alpha value is -1.26. The second-order valence-electron chi connectivity index (χ2n) is 4.76. The molecule has 0 radical (unpaired) electrons. The molecule has 5 heteroatoms. The minimum Gasteiger partial charge on any atom is -0.410 e. The quantitative estimate of drug-likeness (QED) is 0.844. The van der Waals surface area contributed by atoms with E-state index in [2.05, 4.69) is 5.32 Å². The minimum atomic E-state index is -0.217. The Labute approximate surface area is 113 Å². The monoisotopic (exact) mass is 268 g/mol. The number of hydrogen-bond acceptors (Lipinski definition) is 3. The molecule has 2 heterocycles. The molecule has 0 spiro atoms. The molecule has 18 heavy (non-hydrogen) atoms. The lowest BCUT2D eigenvalue weighted by molar-refractivity contribution is 0.159. The molecule has 1 aromatic rings. The van der Waals surface area contributed by atoms with Crippen LogP contribution in [0, 0.1) is 11.8 Å². The first kappa shape index (κ1) is 13.2. The average Bonchev–Trinajstić information content (AvgIpc) is 2.90. The Kier molecular flexibility index (Phi) is 4.09. The van der Waals surface area contributed by atoms with Crippen LogP contribution >= 0.6 is 12.4 Å². The third-order valence-corrected chi connectivity index (χ3v) is 3.60. The van der Waals surface area contributed by atoms with Gasteiger partial charge in [0.05, 0.1) is 0 Å². The van der Waals surface area contributed by atoms with Crippen molar-refractivity contribution in [2.75, 3.05) is 26.2 Å². The van der Waals surface area contributed by atoms with Crippen LogP contribution in [-0.2, 0) is 0 Å². The van der Waals surface area contributed by atoms with E-state index in [0.717, 1.165) is 26.2 Å². The highest BCUT2D eigenvalue weighted by Crippen LogP contribution is 2.26. The lowest BCUT2D eigenvalue weighted by Gasteiger charge is -2.16. The molecule has 2 fully saturated rings. The summed E-state index contributed by atoms with van der Waals surface area (Å²) in [6, 6.07) is 9.24. The molecule has 1 aromatic carbocycles. The lowest BCUT2D eigenvalue weighted by atomic mass is 10.0. The van der Waals surface area contributed by atoms with Gasteiger partial charge < -0.3 is 15.0 Å². The number of nitrogens with one attached hydrogen (secondary N) is 1. The summed E-state index contributed by atoms with van der Waals surface area (Å²) in [6.07, 6.45) is -0.217. The molecule has 0 aromatic heterocycles. The normalized spacial score (nSPS) is 25.4. The molecule has 4 nitrogen and oxygen atoms in total. The van der Waals surface area contributed by atoms with Gasteiger partial charge in [0.15, 0.2) is 0 Å². The summed E-state index contributed by atoms with van der Waals surface area (Å²) in [5, 5.41) is 3.35. The number of carbonyl (C=O) groups excluding carboxylic acids is 1. The first-order valence-corrected chi connectivity index (χ1v) is 6.05. The molecule has 98 valence electrons. The van der Waals surface area contributed by atoms with Crippen LogP contribution in [0.1, 0.15) is 0 Å². The molecule has 2 aliphatic rings. The van der Waals surface area contributed by atoms with Gasteiger partial charge in [-0.1, -0.05) is 18.2 Å². The number of fused-ring (bicyclic) bond motifs is 1. The van der Waals surface area contributed by atoms with Crippen molar-refractivity contribution < 1.29 is 9.53 Å². The summed E-state index contributed by atoms with van der Waals surface area (Å²) in [5.41, 5.74) is 0. The van der Waals surface area contributed by atoms with E-state index in [9.17, 15) is 4.79 Å². The minimum absolute atomic E-state index is 0. The molecular weight excluding hydrogens is 252 g/mol. The van der Waals surface area contributed by atoms with Gasteiger partial charge in [0.2, 0.25) is 0 Å². The van der Waals surface area contributed by atoms with E-state index in [1.807, 2.05) is 23.1 Å². The summed E-state index contributed by atoms with van der Waals surface area (Å²) in [4.78, 5) is 13.8. The van der Waals surface area contributed by atoms with Gasteiger partial charge in [-0.15, -0.1) is 12.4 Å². The molecule has 2 atom stereocenters. The van der Waals surface area contributed by atoms with Crippen molar-refractivity contribution in [3.05, 3.63) is 30.3 Å². The molecule has 0 bridgehead atoms. The maximum absolute atomic E-state index is 11.9. The fourth-order valence-electron chi connectivity index (χ4n) is 2.66. The van der Waals surface area contributed by atoms with Gasteiger partial charge in [-0.3, -0.25) is 0 Å². The molecular formula is C13H17ClN2O2. The van der Waals surface area contributed by atoms with Crippen molar-refractivity contribution in [2.24, 2.45) is 11.8 Å². The molecule has 3 rings (SSSR count). The summed E-state index contributed by atoms with van der Waals surface area (Å²) in [7, 11) is 0. The summed E-state index contributed by atoms with van der Waals surface area (Å²) < 4.78 is 5.33. The number of halogens is 1. The van der Waals surface area contributed by atoms with Crippen LogP contribution in [0.25, 0.3) is 0 Å². The number of rotatable bonds is 1. The predicted octanol–water partition coefficient (Wildman–Crippen LogP) is 1.76. The zero-order chi connectivity index (χ0) is 11.7. The van der Waals surface area contributed by atoms with Crippen LogP contribution in [0.3, 0.4) is 0 Å². The molecule has 1 N–H and O–H groups in total. The van der Waals surface area contributed by atoms with E-state index >= 15 is 0 Å². The number of nitrogens with zero attached hydrogens (tertiary/aromatic N) is 1. The van der Waals surface area contributed by atoms with Crippen molar-refractivity contribution in [2.45, 2.75) is 0 Å². The van der Waals surface area contributed by atoms with Gasteiger partial charge in [0, 0.05) is 26.2 Å². The number of benzene rings is 1. The highest BCUT2D eigenvalue weighted by molar-refractivity contribution is 5.85. The van der Waals surface area contributed by atoms with Crippen molar-refractivity contribution >= 4 is 18.5 Å². The zero-order valence-electron chi connectivity index (χ0n) is 10.0. The van der Waals surface area contributed by atoms with Crippen molar-refractivity contribution in [3.63, 3.8) is 0 Å². The van der Waals surface area contributed by atoms with E-state index in [1.54, 1.807) is 12.1 Å². The van der Waals surface area contributed by atoms with Gasteiger partial charge in [0.25, 0.3) is 0 Å². The fraction of sp³-hybridized carbons (Fsp3) is 0.462. The SMILES string of the molecule is Cl.O=C(Oc1ccccc1)N1CC2CNCC2C1. The van der Waals surface area contributed by atoms with Gasteiger partial charge in [-0.2, -0.15) is 0 Å². The van der Waals surface area contributed by atoms with Crippen LogP contribution in [0.15, 0.2) is 30.3 Å². The maximum Gasteiger partial charge on any atom is 0.415 e. The summed E-state index contributed by atoms with van der Waals surface area (Å²) in [5.74, 6) is 1.84. The van der Waals surface area contributed by atoms with E-state index in [4.69, 9.17) is 4.74 Å². The third kappa shape index (κ3) is 2.60. The van der Waals surface area contributed by atoms with Crippen LogP contribution < -0.4 is 10.1 Å². The smallest absolute Gasteiger partial charge is 0.410 e. The second-order valence-corrected chi connectivity index (χ2v) is 4.76. The van der Waals surface area contributed by atoms with Crippen molar-refractivity contribution in [1.82, 2.24) is 10.2 Å². The number of hydrogen-bond donors (Lipinski definition) is 1. The van der Waals surface area contributed by atoms with Crippen molar-refractivity contribution in [3.8, 4) is 5.75 Å². The molecule has 0 aliphatic carbocycles. The number of para-hydroxylation sites is 1. The maximum atomic E-state index is 11.9. The van der Waals surface area contributed by atoms with Crippen LogP contribution in [0.5, 0.6) is 5.75 Å². The third-order valence-electron chi connectivity index (χ3n) is 3.60. The van der Waals surface area contributed by atoms with Gasteiger partial charge in [-0.25, -0.2) is 4.79 Å². The van der Waals surface area contributed by atoms with Crippen molar-refractivity contribution in [1.29, 1.82) is 0 Å². The van der Waals surface area contributed by atoms with E-state index in [-0.39, 0.29) is 18.5 Å². The first-order chi connectivity index (χ1) is 8.33. The average molecular weight is 269 g/mol. The van der Waals surface area contributed by atoms with Gasteiger partial charge in [0.1, 0.15) is 5.75 Å². The zero-order valence-corrected chi connectivity index (χ0v) is 10.9. The van der Waals surface area contributed by atoms with Crippen LogP contribution in [0.4, 0.5) is 4.79 Å². The summed E-state index contributed by atoms with van der Waals surface area (Å²) in [6.45, 7) is 3.70. The Morgan fingerprint density at radius 1 is 1.17 bits per heavy atom. The number of carbonyl (C=O) groups is 1. The number of likely N-dealkylation sites (tertiary alicyclic amines) is 1. The van der Waals surface area contributed by atoms with E-state index < -0.39 is 0 Å². The standard InChI is InChI=1S/C13H16N2O2.ClH/c16-13(17-12-4-2-1-3-5-12)15-8-10-6-14-7-11(10)9-15;/h1-5,10-11,14H,6-9H2;1H. The first-order valence-electron chi connectivity index (χ1n) is 6.05. The summed E-state index contributed by atoms with van der Waals surface area (Å²) >= 11 is 0. The largest absolute Gasteiger partial charge is 0.415 e. The van der Waals surface area contributed by atoms with Crippen LogP contribution in [-0.4, -0.2) is 37.2 Å². The topological polar surface area (TPSA) is 41.6 Å². The molecule has 2 unspecified atom stereocenters. The highest BCUT2D eigenvalue weighted by atomic mass is 35.5. The Morgan fingerprint density at radius 2 is 1.78 bits per heavy atom. The number of amides is 1. The molecule has 2 saturated heterocycles. The lowest BCUT2D eigenvalue weighted by Crippen LogP contribution is -2.34. The Bertz CT molecular complexity index is 401. The Balaban J connectivity index is 0.00000120. The van der Waals surface area contributed by atoms with Gasteiger partial charge in [-0.05, 0) is 24.0 Å². The second kappa shape index (κ2) is 5.59. The van der Waals surface area contributed by atoms with Gasteiger partial charge >= 0.3 is 6.09 Å². The Morgan fingerprint density at radius 3 is 2.39 bits per heavy atom. The fourth-order valence-corrected chi connectivity index (χ4v) is 2.66. The highest BCUT2D eigenvalue weighted by Gasteiger charge is 2.38.